The highest BCUT2D eigenvalue weighted by atomic mass is 32.1. The highest BCUT2D eigenvalue weighted by molar-refractivity contribution is 7.18. The van der Waals surface area contributed by atoms with Gasteiger partial charge in [-0.1, -0.05) is 39.0 Å². The van der Waals surface area contributed by atoms with Crippen molar-refractivity contribution in [3.63, 3.8) is 0 Å². The fourth-order valence-corrected chi connectivity index (χ4v) is 3.90. The van der Waals surface area contributed by atoms with Crippen LogP contribution in [-0.4, -0.2) is 23.0 Å². The summed E-state index contributed by atoms with van der Waals surface area (Å²) < 4.78 is 0. The van der Waals surface area contributed by atoms with E-state index >= 15 is 0 Å². The smallest absolute Gasteiger partial charge is 0.265 e. The molecule has 3 rings (SSSR count). The lowest BCUT2D eigenvalue weighted by Gasteiger charge is -2.25. The molecule has 0 aliphatic heterocycles. The molecule has 1 aromatic rings. The van der Waals surface area contributed by atoms with Gasteiger partial charge < -0.3 is 16.4 Å². The Hall–Kier alpha value is -1.30. The lowest BCUT2D eigenvalue weighted by atomic mass is 9.93. The molecule has 6 heteroatoms. The van der Waals surface area contributed by atoms with Gasteiger partial charge in [-0.2, -0.15) is 0 Å². The van der Waals surface area contributed by atoms with E-state index in [-0.39, 0.29) is 22.8 Å². The van der Waals surface area contributed by atoms with E-state index < -0.39 is 0 Å². The molecule has 2 saturated carbocycles. The van der Waals surface area contributed by atoms with E-state index in [4.69, 9.17) is 5.73 Å². The van der Waals surface area contributed by atoms with Crippen molar-refractivity contribution in [2.75, 3.05) is 11.1 Å². The lowest BCUT2D eigenvalue weighted by Crippen LogP contribution is -2.29. The van der Waals surface area contributed by atoms with Gasteiger partial charge in [0.15, 0.2) is 5.13 Å². The lowest BCUT2D eigenvalue weighted by molar-refractivity contribution is 0.0948. The number of aromatic nitrogens is 1. The molecule has 116 valence electrons. The first-order valence-electron chi connectivity index (χ1n) is 7.57. The zero-order valence-electron chi connectivity index (χ0n) is 13.1. The second-order valence-electron chi connectivity index (χ2n) is 7.36. The Morgan fingerprint density at radius 1 is 1.29 bits per heavy atom. The molecule has 21 heavy (non-hydrogen) atoms. The molecule has 0 spiro atoms. The van der Waals surface area contributed by atoms with Crippen LogP contribution < -0.4 is 16.4 Å². The van der Waals surface area contributed by atoms with Crippen LogP contribution >= 0.6 is 11.3 Å². The first kappa shape index (κ1) is 14.6. The number of nitrogens with one attached hydrogen (secondary N) is 2. The molecule has 0 bridgehead atoms. The Labute approximate surface area is 129 Å². The van der Waals surface area contributed by atoms with E-state index in [1.807, 2.05) is 0 Å². The molecular formula is C15H24N4OS. The molecule has 0 atom stereocenters. The van der Waals surface area contributed by atoms with Gasteiger partial charge in [-0.3, -0.25) is 4.79 Å². The third-order valence-electron chi connectivity index (χ3n) is 5.59. The van der Waals surface area contributed by atoms with Crippen molar-refractivity contribution in [3.05, 3.63) is 4.88 Å². The number of carbonyl (C=O) groups is 1. The Morgan fingerprint density at radius 2 is 1.90 bits per heavy atom. The van der Waals surface area contributed by atoms with Crippen LogP contribution in [0.1, 0.15) is 56.6 Å². The third-order valence-corrected chi connectivity index (χ3v) is 6.59. The number of nitrogens with two attached hydrogens (primary N) is 1. The van der Waals surface area contributed by atoms with Crippen LogP contribution in [0.25, 0.3) is 0 Å². The van der Waals surface area contributed by atoms with Crippen LogP contribution in [0.15, 0.2) is 0 Å². The molecule has 5 nitrogen and oxygen atoms in total. The number of hydrogen-bond donors (Lipinski definition) is 3. The molecule has 0 saturated heterocycles. The maximum absolute atomic E-state index is 12.4. The fraction of sp³-hybridized carbons (Fsp3) is 0.733. The van der Waals surface area contributed by atoms with E-state index in [1.165, 1.54) is 30.6 Å². The van der Waals surface area contributed by atoms with Crippen molar-refractivity contribution in [2.24, 2.45) is 10.8 Å². The normalized spacial score (nSPS) is 23.4. The highest BCUT2D eigenvalue weighted by Gasteiger charge is 2.65. The maximum atomic E-state index is 12.4. The van der Waals surface area contributed by atoms with Crippen molar-refractivity contribution in [2.45, 2.75) is 59.0 Å². The number of hydrogen-bond acceptors (Lipinski definition) is 5. The average molecular weight is 308 g/mol. The molecule has 4 N–H and O–H groups in total. The summed E-state index contributed by atoms with van der Waals surface area (Å²) in [6, 6.07) is 0.676. The van der Waals surface area contributed by atoms with Crippen molar-refractivity contribution in [1.29, 1.82) is 0 Å². The Bertz CT molecular complexity index is 560. The van der Waals surface area contributed by atoms with Gasteiger partial charge in [-0.05, 0) is 30.1 Å². The maximum Gasteiger partial charge on any atom is 0.265 e. The SMILES string of the molecule is CC1(C)C(NC(=O)c2sc(NC3CCC3)nc2N)C1(C)C. The van der Waals surface area contributed by atoms with Gasteiger partial charge in [-0.25, -0.2) is 4.98 Å². The minimum Gasteiger partial charge on any atom is -0.382 e. The van der Waals surface area contributed by atoms with Crippen LogP contribution in [-0.2, 0) is 0 Å². The second-order valence-corrected chi connectivity index (χ2v) is 8.35. The minimum atomic E-state index is -0.102. The number of nitrogen functional groups attached to an aromatic ring is 1. The topological polar surface area (TPSA) is 80.0 Å². The van der Waals surface area contributed by atoms with Crippen molar-refractivity contribution >= 4 is 28.2 Å². The monoisotopic (exact) mass is 308 g/mol. The molecule has 1 amide bonds. The van der Waals surface area contributed by atoms with Gasteiger partial charge >= 0.3 is 0 Å². The number of nitrogens with zero attached hydrogens (tertiary/aromatic N) is 1. The molecule has 0 unspecified atom stereocenters. The van der Waals surface area contributed by atoms with Gasteiger partial charge in [-0.15, -0.1) is 0 Å². The van der Waals surface area contributed by atoms with Crippen molar-refractivity contribution < 1.29 is 4.79 Å². The molecule has 2 aliphatic rings. The van der Waals surface area contributed by atoms with Gasteiger partial charge in [0.05, 0.1) is 0 Å². The van der Waals surface area contributed by atoms with Gasteiger partial charge in [0, 0.05) is 12.1 Å². The fourth-order valence-electron chi connectivity index (χ4n) is 3.04. The first-order valence-corrected chi connectivity index (χ1v) is 8.39. The second kappa shape index (κ2) is 4.60. The third kappa shape index (κ3) is 2.29. The van der Waals surface area contributed by atoms with Crippen molar-refractivity contribution in [1.82, 2.24) is 10.3 Å². The van der Waals surface area contributed by atoms with E-state index in [0.29, 0.717) is 16.7 Å². The van der Waals surface area contributed by atoms with E-state index in [0.717, 1.165) is 5.13 Å². The largest absolute Gasteiger partial charge is 0.382 e. The van der Waals surface area contributed by atoms with E-state index in [2.05, 4.69) is 43.3 Å². The first-order chi connectivity index (χ1) is 9.73. The number of anilines is 2. The predicted octanol–water partition coefficient (Wildman–Crippen LogP) is 2.85. The number of rotatable bonds is 4. The number of amides is 1. The van der Waals surface area contributed by atoms with Crippen LogP contribution in [0.2, 0.25) is 0 Å². The van der Waals surface area contributed by atoms with Crippen LogP contribution in [0.3, 0.4) is 0 Å². The summed E-state index contributed by atoms with van der Waals surface area (Å²) in [5.41, 5.74) is 6.15. The molecule has 2 aliphatic carbocycles. The molecular weight excluding hydrogens is 284 g/mol. The summed E-state index contributed by atoms with van der Waals surface area (Å²) in [5.74, 6) is 0.228. The number of carbonyl (C=O) groups excluding carboxylic acids is 1. The van der Waals surface area contributed by atoms with E-state index in [9.17, 15) is 4.79 Å². The standard InChI is InChI=1S/C15H24N4OS/c1-14(2)12(15(14,3)4)19-11(20)9-10(16)18-13(21-9)17-8-6-5-7-8/h8,12H,5-7,16H2,1-4H3,(H,17,18)(H,19,20). The zero-order valence-corrected chi connectivity index (χ0v) is 13.9. The summed E-state index contributed by atoms with van der Waals surface area (Å²) in [6.07, 6.45) is 3.61. The molecule has 2 fully saturated rings. The summed E-state index contributed by atoms with van der Waals surface area (Å²) in [6.45, 7) is 8.71. The van der Waals surface area contributed by atoms with Crippen LogP contribution in [0.4, 0.5) is 10.9 Å². The zero-order chi connectivity index (χ0) is 15.4. The highest BCUT2D eigenvalue weighted by Crippen LogP contribution is 2.62. The molecule has 1 heterocycles. The average Bonchev–Trinajstić information content (AvgIpc) is 2.65. The van der Waals surface area contributed by atoms with Gasteiger partial charge in [0.25, 0.3) is 5.91 Å². The Balaban J connectivity index is 1.67. The summed E-state index contributed by atoms with van der Waals surface area (Å²) in [7, 11) is 0. The minimum absolute atomic E-state index is 0.102. The molecule has 0 radical (unpaired) electrons. The predicted molar refractivity (Wildman–Crippen MR) is 86.6 cm³/mol. The Kier molecular flexibility index (Phi) is 3.20. The summed E-state index contributed by atoms with van der Waals surface area (Å²) >= 11 is 1.36. The van der Waals surface area contributed by atoms with Gasteiger partial charge in [0.2, 0.25) is 0 Å². The van der Waals surface area contributed by atoms with Crippen LogP contribution in [0, 0.1) is 10.8 Å². The summed E-state index contributed by atoms with van der Waals surface area (Å²) in [5, 5.41) is 7.21. The van der Waals surface area contributed by atoms with Gasteiger partial charge in [0.1, 0.15) is 10.7 Å². The van der Waals surface area contributed by atoms with E-state index in [1.54, 1.807) is 0 Å². The van der Waals surface area contributed by atoms with Crippen molar-refractivity contribution in [3.8, 4) is 0 Å². The summed E-state index contributed by atoms with van der Waals surface area (Å²) in [4.78, 5) is 17.2. The Morgan fingerprint density at radius 3 is 2.38 bits per heavy atom. The quantitative estimate of drug-likeness (QED) is 0.799. The molecule has 0 aromatic carbocycles. The van der Waals surface area contributed by atoms with Crippen LogP contribution in [0.5, 0.6) is 0 Å². The molecule has 1 aromatic heterocycles. The number of thiazole rings is 1.